The Labute approximate surface area is 186 Å². The van der Waals surface area contributed by atoms with Crippen molar-refractivity contribution in [3.63, 3.8) is 0 Å². The summed E-state index contributed by atoms with van der Waals surface area (Å²) in [5, 5.41) is 6.63. The van der Waals surface area contributed by atoms with Crippen molar-refractivity contribution in [2.24, 2.45) is 10.9 Å². The van der Waals surface area contributed by atoms with Gasteiger partial charge < -0.3 is 20.0 Å². The summed E-state index contributed by atoms with van der Waals surface area (Å²) >= 11 is 0. The van der Waals surface area contributed by atoms with Crippen LogP contribution in [0.1, 0.15) is 19.0 Å². The summed E-state index contributed by atoms with van der Waals surface area (Å²) in [6, 6.07) is 13.8. The van der Waals surface area contributed by atoms with E-state index in [0.29, 0.717) is 30.0 Å². The van der Waals surface area contributed by atoms with E-state index in [9.17, 15) is 8.78 Å². The lowest BCUT2D eigenvalue weighted by Gasteiger charge is -2.19. The molecule has 4 rings (SSSR count). The third-order valence-electron chi connectivity index (χ3n) is 5.43. The van der Waals surface area contributed by atoms with E-state index in [1.165, 1.54) is 12.1 Å². The van der Waals surface area contributed by atoms with Crippen molar-refractivity contribution in [1.29, 1.82) is 0 Å². The van der Waals surface area contributed by atoms with E-state index in [1.807, 2.05) is 37.3 Å². The molecule has 3 aromatic rings. The van der Waals surface area contributed by atoms with Gasteiger partial charge in [0, 0.05) is 43.5 Å². The van der Waals surface area contributed by atoms with Crippen LogP contribution in [-0.4, -0.2) is 37.1 Å². The molecule has 2 aromatic carbocycles. The van der Waals surface area contributed by atoms with Crippen molar-refractivity contribution < 1.29 is 13.2 Å². The predicted molar refractivity (Wildman–Crippen MR) is 121 cm³/mol. The zero-order valence-corrected chi connectivity index (χ0v) is 18.0. The molecule has 1 fully saturated rings. The van der Waals surface area contributed by atoms with E-state index < -0.39 is 11.6 Å². The Morgan fingerprint density at radius 3 is 2.78 bits per heavy atom. The van der Waals surface area contributed by atoms with Gasteiger partial charge in [-0.15, -0.1) is 0 Å². The second-order valence-corrected chi connectivity index (χ2v) is 7.79. The highest BCUT2D eigenvalue weighted by Crippen LogP contribution is 2.25. The largest absolute Gasteiger partial charge is 0.444 e. The molecule has 0 saturated carbocycles. The minimum atomic E-state index is -0.819. The number of rotatable bonds is 7. The average Bonchev–Trinajstić information content (AvgIpc) is 3.48. The maximum absolute atomic E-state index is 13.5. The molecule has 1 atom stereocenters. The van der Waals surface area contributed by atoms with Crippen LogP contribution in [-0.2, 0) is 6.54 Å². The maximum atomic E-state index is 13.5. The van der Waals surface area contributed by atoms with E-state index in [4.69, 9.17) is 4.42 Å². The molecule has 8 heteroatoms. The molecule has 0 radical (unpaired) electrons. The van der Waals surface area contributed by atoms with E-state index in [0.717, 1.165) is 43.9 Å². The number of guanidine groups is 1. The molecule has 6 nitrogen and oxygen atoms in total. The Kier molecular flexibility index (Phi) is 6.99. The fraction of sp³-hybridized carbons (Fsp3) is 0.333. The quantitative estimate of drug-likeness (QED) is 0.427. The summed E-state index contributed by atoms with van der Waals surface area (Å²) in [5.74, 6) is 0.0401. The predicted octanol–water partition coefficient (Wildman–Crippen LogP) is 4.20. The molecule has 1 unspecified atom stereocenters. The number of benzene rings is 2. The number of hydrogen-bond donors (Lipinski definition) is 2. The van der Waals surface area contributed by atoms with Crippen molar-refractivity contribution >= 4 is 11.6 Å². The Morgan fingerprint density at radius 2 is 2.00 bits per heavy atom. The lowest BCUT2D eigenvalue weighted by Crippen LogP contribution is -2.40. The minimum absolute atomic E-state index is 0.378. The zero-order valence-electron chi connectivity index (χ0n) is 18.0. The van der Waals surface area contributed by atoms with Crippen LogP contribution in [0.25, 0.3) is 11.5 Å². The van der Waals surface area contributed by atoms with Crippen molar-refractivity contribution in [3.05, 3.63) is 72.1 Å². The monoisotopic (exact) mass is 439 g/mol. The number of oxazole rings is 1. The number of anilines is 1. The fourth-order valence-corrected chi connectivity index (χ4v) is 3.75. The molecule has 0 bridgehead atoms. The first-order valence-corrected chi connectivity index (χ1v) is 10.8. The molecule has 168 valence electrons. The topological polar surface area (TPSA) is 65.7 Å². The Bertz CT molecular complexity index is 1050. The van der Waals surface area contributed by atoms with Gasteiger partial charge in [-0.2, -0.15) is 0 Å². The summed E-state index contributed by atoms with van der Waals surface area (Å²) in [5.41, 5.74) is 2.40. The number of halogens is 2. The Balaban J connectivity index is 1.31. The van der Waals surface area contributed by atoms with Crippen LogP contribution in [0, 0.1) is 17.6 Å². The molecule has 1 aliphatic rings. The van der Waals surface area contributed by atoms with Gasteiger partial charge in [0.2, 0.25) is 5.89 Å². The number of nitrogens with one attached hydrogen (secondary N) is 2. The van der Waals surface area contributed by atoms with Crippen LogP contribution in [0.3, 0.4) is 0 Å². The highest BCUT2D eigenvalue weighted by atomic mass is 19.2. The van der Waals surface area contributed by atoms with Crippen molar-refractivity contribution in [3.8, 4) is 11.5 Å². The van der Waals surface area contributed by atoms with Gasteiger partial charge in [-0.1, -0.05) is 18.2 Å². The van der Waals surface area contributed by atoms with Gasteiger partial charge in [0.25, 0.3) is 0 Å². The number of aliphatic imine (C=N–C) groups is 1. The molecule has 0 spiro atoms. The first-order chi connectivity index (χ1) is 15.6. The molecule has 0 amide bonds. The van der Waals surface area contributed by atoms with Crippen LogP contribution in [0.4, 0.5) is 14.5 Å². The SMILES string of the molecule is CCNC(=NCc1coc(-c2ccccc2)n1)NCC1CCN(c2ccc(F)c(F)c2)C1. The van der Waals surface area contributed by atoms with Gasteiger partial charge in [-0.3, -0.25) is 0 Å². The fourth-order valence-electron chi connectivity index (χ4n) is 3.75. The first kappa shape index (κ1) is 21.8. The smallest absolute Gasteiger partial charge is 0.226 e. The molecule has 32 heavy (non-hydrogen) atoms. The summed E-state index contributed by atoms with van der Waals surface area (Å²) in [6.07, 6.45) is 2.60. The molecule has 1 saturated heterocycles. The molecule has 0 aliphatic carbocycles. The summed E-state index contributed by atoms with van der Waals surface area (Å²) in [6.45, 7) is 5.48. The third-order valence-corrected chi connectivity index (χ3v) is 5.43. The van der Waals surface area contributed by atoms with E-state index in [2.05, 4.69) is 25.5 Å². The Hall–Kier alpha value is -3.42. The molecule has 1 aliphatic heterocycles. The molecular formula is C24H27F2N5O. The summed E-state index contributed by atoms with van der Waals surface area (Å²) in [7, 11) is 0. The first-order valence-electron chi connectivity index (χ1n) is 10.8. The van der Waals surface area contributed by atoms with Gasteiger partial charge in [-0.05, 0) is 43.5 Å². The van der Waals surface area contributed by atoms with E-state index >= 15 is 0 Å². The lowest BCUT2D eigenvalue weighted by molar-refractivity contribution is 0.508. The van der Waals surface area contributed by atoms with Crippen LogP contribution >= 0.6 is 0 Å². The minimum Gasteiger partial charge on any atom is -0.444 e. The molecular weight excluding hydrogens is 412 g/mol. The van der Waals surface area contributed by atoms with Gasteiger partial charge in [0.1, 0.15) is 12.0 Å². The third kappa shape index (κ3) is 5.43. The molecule has 2 N–H and O–H groups in total. The Morgan fingerprint density at radius 1 is 1.16 bits per heavy atom. The van der Waals surface area contributed by atoms with Crippen LogP contribution in [0.2, 0.25) is 0 Å². The maximum Gasteiger partial charge on any atom is 0.226 e. The van der Waals surface area contributed by atoms with Crippen LogP contribution < -0.4 is 15.5 Å². The zero-order chi connectivity index (χ0) is 22.3. The van der Waals surface area contributed by atoms with Crippen molar-refractivity contribution in [2.45, 2.75) is 19.9 Å². The van der Waals surface area contributed by atoms with Gasteiger partial charge in [-0.25, -0.2) is 18.8 Å². The second kappa shape index (κ2) is 10.3. The molecule has 1 aromatic heterocycles. The van der Waals surface area contributed by atoms with Crippen LogP contribution in [0.5, 0.6) is 0 Å². The normalized spacial score (nSPS) is 16.4. The second-order valence-electron chi connectivity index (χ2n) is 7.79. The summed E-state index contributed by atoms with van der Waals surface area (Å²) < 4.78 is 32.3. The average molecular weight is 440 g/mol. The van der Waals surface area contributed by atoms with Gasteiger partial charge in [0.15, 0.2) is 17.6 Å². The van der Waals surface area contributed by atoms with Gasteiger partial charge in [0.05, 0.1) is 6.54 Å². The number of hydrogen-bond acceptors (Lipinski definition) is 4. The standard InChI is InChI=1S/C24H27F2N5O/c1-2-27-24(29-14-19-16-32-23(30-19)18-6-4-3-5-7-18)28-13-17-10-11-31(15-17)20-8-9-21(25)22(26)12-20/h3-9,12,16-17H,2,10-11,13-15H2,1H3,(H2,27,28,29). The van der Waals surface area contributed by atoms with E-state index in [1.54, 1.807) is 12.3 Å². The van der Waals surface area contributed by atoms with Gasteiger partial charge >= 0.3 is 0 Å². The highest BCUT2D eigenvalue weighted by molar-refractivity contribution is 5.79. The van der Waals surface area contributed by atoms with E-state index in [-0.39, 0.29) is 0 Å². The highest BCUT2D eigenvalue weighted by Gasteiger charge is 2.23. The lowest BCUT2D eigenvalue weighted by atomic mass is 10.1. The summed E-state index contributed by atoms with van der Waals surface area (Å²) in [4.78, 5) is 11.2. The van der Waals surface area contributed by atoms with Crippen LogP contribution in [0.15, 0.2) is 64.2 Å². The number of aromatic nitrogens is 1. The van der Waals surface area contributed by atoms with Crippen molar-refractivity contribution in [1.82, 2.24) is 15.6 Å². The molecule has 2 heterocycles. The number of nitrogens with zero attached hydrogens (tertiary/aromatic N) is 3. The van der Waals surface area contributed by atoms with Crippen molar-refractivity contribution in [2.75, 3.05) is 31.1 Å².